The van der Waals surface area contributed by atoms with Crippen molar-refractivity contribution >= 4 is 0 Å². The first kappa shape index (κ1) is 10.8. The fraction of sp³-hybridized carbons (Fsp3) is 0.182. The van der Waals surface area contributed by atoms with Gasteiger partial charge in [-0.2, -0.15) is 10.2 Å². The summed E-state index contributed by atoms with van der Waals surface area (Å²) in [7, 11) is 1.56. The number of benzene rings is 1. The largest absolute Gasteiger partial charge is 0.314 e. The lowest BCUT2D eigenvalue weighted by Crippen LogP contribution is -2.11. The van der Waals surface area contributed by atoms with Gasteiger partial charge in [0.1, 0.15) is 5.82 Å². The summed E-state index contributed by atoms with van der Waals surface area (Å²) in [4.78, 5) is 0. The molecule has 0 aliphatic heterocycles. The van der Waals surface area contributed by atoms with E-state index in [2.05, 4.69) is 10.2 Å². The fourth-order valence-corrected chi connectivity index (χ4v) is 1.54. The molecule has 0 aliphatic carbocycles. The third-order valence-corrected chi connectivity index (χ3v) is 2.25. The minimum atomic E-state index is -0.274. The first-order valence-electron chi connectivity index (χ1n) is 4.85. The quantitative estimate of drug-likeness (QED) is 0.780. The number of halogens is 1. The summed E-state index contributed by atoms with van der Waals surface area (Å²) in [6.07, 6.45) is 1.64. The lowest BCUT2D eigenvalue weighted by molar-refractivity contribution is -0.0730. The van der Waals surface area contributed by atoms with Gasteiger partial charge in [-0.05, 0) is 24.3 Å². The number of nitrogens with zero attached hydrogens (tertiary/aromatic N) is 2. The van der Waals surface area contributed by atoms with Crippen LogP contribution in [-0.4, -0.2) is 27.5 Å². The summed E-state index contributed by atoms with van der Waals surface area (Å²) in [5.41, 5.74) is 2.49. The molecule has 2 rings (SSSR count). The van der Waals surface area contributed by atoms with Crippen LogP contribution in [-0.2, 0) is 6.54 Å². The van der Waals surface area contributed by atoms with E-state index in [-0.39, 0.29) is 5.82 Å². The summed E-state index contributed by atoms with van der Waals surface area (Å²) in [5, 5.41) is 17.0. The third-order valence-electron chi connectivity index (χ3n) is 2.25. The molecule has 5 heteroatoms. The molecule has 0 spiro atoms. The standard InChI is InChI=1S/C11H12FN3O/c1-15(16)7-9-6-13-14-11(9)8-2-4-10(12)5-3-8/h2-6,16H,7H2,1H3,(H,13,14). The number of H-pyrrole nitrogens is 1. The zero-order chi connectivity index (χ0) is 11.5. The van der Waals surface area contributed by atoms with E-state index in [1.165, 1.54) is 12.1 Å². The molecule has 84 valence electrons. The van der Waals surface area contributed by atoms with Gasteiger partial charge in [-0.15, -0.1) is 0 Å². The van der Waals surface area contributed by atoms with Crippen molar-refractivity contribution in [2.75, 3.05) is 7.05 Å². The van der Waals surface area contributed by atoms with Crippen molar-refractivity contribution in [2.45, 2.75) is 6.54 Å². The Morgan fingerprint density at radius 3 is 2.69 bits per heavy atom. The Labute approximate surface area is 92.3 Å². The van der Waals surface area contributed by atoms with Crippen molar-refractivity contribution < 1.29 is 9.60 Å². The van der Waals surface area contributed by atoms with Crippen molar-refractivity contribution in [2.24, 2.45) is 0 Å². The Morgan fingerprint density at radius 2 is 2.06 bits per heavy atom. The number of hydrogen-bond donors (Lipinski definition) is 2. The van der Waals surface area contributed by atoms with Gasteiger partial charge in [-0.3, -0.25) is 5.10 Å². The van der Waals surface area contributed by atoms with E-state index in [1.54, 1.807) is 25.4 Å². The van der Waals surface area contributed by atoms with Gasteiger partial charge < -0.3 is 5.21 Å². The molecule has 0 atom stereocenters. The average Bonchev–Trinajstić information content (AvgIpc) is 2.66. The van der Waals surface area contributed by atoms with E-state index in [4.69, 9.17) is 0 Å². The maximum Gasteiger partial charge on any atom is 0.123 e. The lowest BCUT2D eigenvalue weighted by Gasteiger charge is -2.08. The fourth-order valence-electron chi connectivity index (χ4n) is 1.54. The first-order valence-corrected chi connectivity index (χ1v) is 4.85. The molecular weight excluding hydrogens is 209 g/mol. The van der Waals surface area contributed by atoms with E-state index >= 15 is 0 Å². The first-order chi connectivity index (χ1) is 7.66. The van der Waals surface area contributed by atoms with Crippen LogP contribution in [0.5, 0.6) is 0 Å². The van der Waals surface area contributed by atoms with E-state index in [9.17, 15) is 9.60 Å². The number of hydroxylamine groups is 2. The SMILES string of the molecule is CN(O)Cc1cn[nH]c1-c1ccc(F)cc1. The molecule has 1 aromatic carbocycles. The van der Waals surface area contributed by atoms with E-state index in [1.807, 2.05) is 0 Å². The van der Waals surface area contributed by atoms with Gasteiger partial charge in [0.05, 0.1) is 18.4 Å². The maximum atomic E-state index is 12.8. The van der Waals surface area contributed by atoms with Gasteiger partial charge in [0.15, 0.2) is 0 Å². The molecule has 0 saturated heterocycles. The Kier molecular flexibility index (Phi) is 2.98. The van der Waals surface area contributed by atoms with Crippen LogP contribution in [0.15, 0.2) is 30.5 Å². The molecule has 0 bridgehead atoms. The Hall–Kier alpha value is -1.72. The third kappa shape index (κ3) is 2.26. The average molecular weight is 221 g/mol. The number of aromatic nitrogens is 2. The van der Waals surface area contributed by atoms with Crippen molar-refractivity contribution in [3.63, 3.8) is 0 Å². The number of aromatic amines is 1. The summed E-state index contributed by atoms with van der Waals surface area (Å²) in [6, 6.07) is 6.12. The van der Waals surface area contributed by atoms with Gasteiger partial charge in [-0.25, -0.2) is 4.39 Å². The van der Waals surface area contributed by atoms with Gasteiger partial charge in [0.25, 0.3) is 0 Å². The zero-order valence-corrected chi connectivity index (χ0v) is 8.81. The van der Waals surface area contributed by atoms with Crippen LogP contribution in [0.3, 0.4) is 0 Å². The van der Waals surface area contributed by atoms with Crippen LogP contribution in [0.25, 0.3) is 11.3 Å². The van der Waals surface area contributed by atoms with Gasteiger partial charge in [-0.1, -0.05) is 0 Å². The molecule has 0 aliphatic rings. The van der Waals surface area contributed by atoms with Crippen molar-refractivity contribution in [1.29, 1.82) is 0 Å². The predicted octanol–water partition coefficient (Wildman–Crippen LogP) is 2.04. The highest BCUT2D eigenvalue weighted by Gasteiger charge is 2.08. The van der Waals surface area contributed by atoms with E-state index < -0.39 is 0 Å². The molecule has 0 fully saturated rings. The van der Waals surface area contributed by atoms with E-state index in [0.717, 1.165) is 21.9 Å². The smallest absolute Gasteiger partial charge is 0.123 e. The van der Waals surface area contributed by atoms with Crippen LogP contribution in [0.4, 0.5) is 4.39 Å². The number of rotatable bonds is 3. The second-order valence-corrected chi connectivity index (χ2v) is 3.59. The normalized spacial score (nSPS) is 11.0. The topological polar surface area (TPSA) is 52.1 Å². The second-order valence-electron chi connectivity index (χ2n) is 3.59. The highest BCUT2D eigenvalue weighted by atomic mass is 19.1. The molecule has 1 aromatic heterocycles. The summed E-state index contributed by atoms with van der Waals surface area (Å²) in [6.45, 7) is 0.364. The van der Waals surface area contributed by atoms with Crippen LogP contribution >= 0.6 is 0 Å². The molecular formula is C11H12FN3O. The maximum absolute atomic E-state index is 12.8. The molecule has 0 unspecified atom stereocenters. The minimum absolute atomic E-state index is 0.274. The van der Waals surface area contributed by atoms with Gasteiger partial charge in [0, 0.05) is 18.2 Å². The zero-order valence-electron chi connectivity index (χ0n) is 8.81. The highest BCUT2D eigenvalue weighted by Crippen LogP contribution is 2.21. The van der Waals surface area contributed by atoms with Gasteiger partial charge in [0.2, 0.25) is 0 Å². The minimum Gasteiger partial charge on any atom is -0.314 e. The molecule has 0 amide bonds. The van der Waals surface area contributed by atoms with Crippen molar-refractivity contribution in [3.05, 3.63) is 41.8 Å². The van der Waals surface area contributed by atoms with E-state index in [0.29, 0.717) is 6.54 Å². The Bertz CT molecular complexity index is 464. The molecule has 0 radical (unpaired) electrons. The number of hydrogen-bond acceptors (Lipinski definition) is 3. The Balaban J connectivity index is 2.33. The van der Waals surface area contributed by atoms with Crippen LogP contribution < -0.4 is 0 Å². The van der Waals surface area contributed by atoms with Crippen LogP contribution in [0.1, 0.15) is 5.56 Å². The number of nitrogens with one attached hydrogen (secondary N) is 1. The molecule has 0 saturated carbocycles. The van der Waals surface area contributed by atoms with Crippen LogP contribution in [0, 0.1) is 5.82 Å². The summed E-state index contributed by atoms with van der Waals surface area (Å²) in [5.74, 6) is -0.274. The monoisotopic (exact) mass is 221 g/mol. The molecule has 4 nitrogen and oxygen atoms in total. The predicted molar refractivity (Wildman–Crippen MR) is 57.2 cm³/mol. The second kappa shape index (κ2) is 4.42. The summed E-state index contributed by atoms with van der Waals surface area (Å²) < 4.78 is 12.8. The molecule has 2 N–H and O–H groups in total. The van der Waals surface area contributed by atoms with Crippen molar-refractivity contribution in [3.8, 4) is 11.3 Å². The molecule has 2 aromatic rings. The Morgan fingerprint density at radius 1 is 1.38 bits per heavy atom. The highest BCUT2D eigenvalue weighted by molar-refractivity contribution is 5.62. The van der Waals surface area contributed by atoms with Crippen molar-refractivity contribution in [1.82, 2.24) is 15.3 Å². The lowest BCUT2D eigenvalue weighted by atomic mass is 10.1. The summed E-state index contributed by atoms with van der Waals surface area (Å²) >= 11 is 0. The van der Waals surface area contributed by atoms with Crippen LogP contribution in [0.2, 0.25) is 0 Å². The molecule has 16 heavy (non-hydrogen) atoms. The molecule has 1 heterocycles. The van der Waals surface area contributed by atoms with Gasteiger partial charge >= 0.3 is 0 Å².